The van der Waals surface area contributed by atoms with Crippen molar-refractivity contribution in [1.29, 1.82) is 0 Å². The Hall–Kier alpha value is -2.41. The van der Waals surface area contributed by atoms with E-state index in [4.69, 9.17) is 4.74 Å². The molecule has 262 valence electrons. The second kappa shape index (κ2) is 23.8. The number of aliphatic hydroxyl groups excluding tert-OH is 8. The zero-order chi connectivity index (χ0) is 34.5. The van der Waals surface area contributed by atoms with Crippen LogP contribution in [0.4, 0.5) is 0 Å². The van der Waals surface area contributed by atoms with E-state index in [0.717, 1.165) is 6.42 Å². The van der Waals surface area contributed by atoms with Gasteiger partial charge in [0.15, 0.2) is 0 Å². The molecule has 0 radical (unpaired) electrons. The van der Waals surface area contributed by atoms with Crippen molar-refractivity contribution in [3.63, 3.8) is 0 Å². The third-order valence-electron chi connectivity index (χ3n) is 7.94. The molecule has 0 aromatic rings. The smallest absolute Gasteiger partial charge is 0.331 e. The summed E-state index contributed by atoms with van der Waals surface area (Å²) in [7, 11) is 0. The molecule has 0 spiro atoms. The van der Waals surface area contributed by atoms with Crippen LogP contribution < -0.4 is 0 Å². The molecule has 1 rings (SSSR count). The fourth-order valence-electron chi connectivity index (χ4n) is 5.31. The van der Waals surface area contributed by atoms with Gasteiger partial charge in [-0.3, -0.25) is 0 Å². The lowest BCUT2D eigenvalue weighted by Gasteiger charge is -2.27. The van der Waals surface area contributed by atoms with Crippen molar-refractivity contribution in [2.45, 2.75) is 133 Å². The van der Waals surface area contributed by atoms with E-state index in [-0.39, 0.29) is 56.8 Å². The van der Waals surface area contributed by atoms with Crippen molar-refractivity contribution in [3.8, 4) is 0 Å². The fourth-order valence-corrected chi connectivity index (χ4v) is 5.31. The average molecular weight is 651 g/mol. The molecule has 0 saturated carbocycles. The quantitative estimate of drug-likeness (QED) is 0.163. The largest absolute Gasteiger partial charge is 0.458 e. The number of carbonyl (C=O) groups excluding carboxylic acids is 1. The molecule has 46 heavy (non-hydrogen) atoms. The minimum Gasteiger partial charge on any atom is -0.458 e. The zero-order valence-corrected chi connectivity index (χ0v) is 27.5. The van der Waals surface area contributed by atoms with E-state index >= 15 is 0 Å². The molecule has 1 heterocycles. The molecule has 0 aliphatic carbocycles. The molecular weight excluding hydrogens is 592 g/mol. The first kappa shape index (κ1) is 41.6. The Morgan fingerprint density at radius 2 is 1.04 bits per heavy atom. The molecule has 1 aliphatic rings. The van der Waals surface area contributed by atoms with Crippen molar-refractivity contribution in [3.05, 3.63) is 72.9 Å². The van der Waals surface area contributed by atoms with Gasteiger partial charge in [0, 0.05) is 18.4 Å². The summed E-state index contributed by atoms with van der Waals surface area (Å²) in [6.45, 7) is 5.87. The van der Waals surface area contributed by atoms with Crippen molar-refractivity contribution in [1.82, 2.24) is 0 Å². The Morgan fingerprint density at radius 3 is 1.52 bits per heavy atom. The molecule has 0 aromatic carbocycles. The number of esters is 1. The maximum absolute atomic E-state index is 12.5. The number of hydrogen-bond acceptors (Lipinski definition) is 10. The predicted molar refractivity (Wildman–Crippen MR) is 178 cm³/mol. The Labute approximate surface area is 274 Å². The second-order valence-corrected chi connectivity index (χ2v) is 12.5. The van der Waals surface area contributed by atoms with Crippen LogP contribution in [0.1, 0.15) is 78.6 Å². The van der Waals surface area contributed by atoms with Crippen LogP contribution in [-0.2, 0) is 9.53 Å². The van der Waals surface area contributed by atoms with Gasteiger partial charge in [-0.25, -0.2) is 4.79 Å². The van der Waals surface area contributed by atoms with Gasteiger partial charge in [-0.05, 0) is 50.9 Å². The van der Waals surface area contributed by atoms with E-state index in [1.165, 1.54) is 12.2 Å². The molecule has 11 unspecified atom stereocenters. The second-order valence-electron chi connectivity index (χ2n) is 12.5. The number of ether oxygens (including phenoxy) is 1. The number of hydrogen-bond donors (Lipinski definition) is 8. The summed E-state index contributed by atoms with van der Waals surface area (Å²) in [6.07, 6.45) is 12.3. The normalized spacial score (nSPS) is 39.3. The molecule has 0 fully saturated rings. The molecule has 11 atom stereocenters. The third kappa shape index (κ3) is 20.0. The molecule has 8 N–H and O–H groups in total. The van der Waals surface area contributed by atoms with Crippen LogP contribution in [0, 0.1) is 11.8 Å². The molecule has 10 heteroatoms. The van der Waals surface area contributed by atoms with Gasteiger partial charge < -0.3 is 45.6 Å². The van der Waals surface area contributed by atoms with Crippen LogP contribution >= 0.6 is 0 Å². The summed E-state index contributed by atoms with van der Waals surface area (Å²) in [6, 6.07) is 0. The summed E-state index contributed by atoms with van der Waals surface area (Å²) in [5.74, 6) is -0.648. The monoisotopic (exact) mass is 650 g/mol. The number of allylic oxidation sites excluding steroid dienone is 8. The predicted octanol–water partition coefficient (Wildman–Crippen LogP) is 2.94. The third-order valence-corrected chi connectivity index (χ3v) is 7.94. The number of carbonyl (C=O) groups is 1. The van der Waals surface area contributed by atoms with Gasteiger partial charge in [0.1, 0.15) is 6.10 Å². The van der Waals surface area contributed by atoms with E-state index in [0.29, 0.717) is 6.42 Å². The van der Waals surface area contributed by atoms with Crippen LogP contribution in [0.2, 0.25) is 0 Å². The van der Waals surface area contributed by atoms with Crippen molar-refractivity contribution >= 4 is 5.97 Å². The van der Waals surface area contributed by atoms with Crippen molar-refractivity contribution in [2.75, 3.05) is 0 Å². The summed E-state index contributed by atoms with van der Waals surface area (Å²) in [5.41, 5.74) is 0. The van der Waals surface area contributed by atoms with Gasteiger partial charge in [0.2, 0.25) is 0 Å². The van der Waals surface area contributed by atoms with E-state index in [2.05, 4.69) is 0 Å². The van der Waals surface area contributed by atoms with Crippen molar-refractivity contribution in [2.24, 2.45) is 11.8 Å². The summed E-state index contributed by atoms with van der Waals surface area (Å²) >= 11 is 0. The van der Waals surface area contributed by atoms with Gasteiger partial charge in [-0.2, -0.15) is 0 Å². The first-order valence-corrected chi connectivity index (χ1v) is 16.5. The van der Waals surface area contributed by atoms with E-state index < -0.39 is 60.9 Å². The maximum Gasteiger partial charge on any atom is 0.331 e. The fraction of sp³-hybridized carbons (Fsp3) is 0.639. The molecular formula is C36H58O10. The number of rotatable bonds is 2. The highest BCUT2D eigenvalue weighted by Crippen LogP contribution is 2.22. The first-order valence-electron chi connectivity index (χ1n) is 16.5. The lowest BCUT2D eigenvalue weighted by Crippen LogP contribution is -2.30. The van der Waals surface area contributed by atoms with Crippen LogP contribution in [0.15, 0.2) is 72.9 Å². The van der Waals surface area contributed by atoms with Crippen molar-refractivity contribution < 1.29 is 50.4 Å². The molecule has 0 saturated heterocycles. The Kier molecular flexibility index (Phi) is 21.6. The molecule has 0 aromatic heterocycles. The van der Waals surface area contributed by atoms with E-state index in [9.17, 15) is 45.6 Å². The lowest BCUT2D eigenvalue weighted by molar-refractivity contribution is -0.147. The standard InChI is InChI=1S/C36H58O10/c1-4-25(2)36-26(3)16-17-28(38)19-30(40)21-32(42)23-34(44)24-33(43)22-31(41)20-29(39)18-27(37)14-12-10-8-6-5-7-9-11-13-15-35(45)46-36/h5-13,15-17,25-34,36-44H,4,14,18-24H2,1-3H3/b7-5+,8-6-,11-9-,12-10+,15-13+,17-16+. The summed E-state index contributed by atoms with van der Waals surface area (Å²) < 4.78 is 5.73. The van der Waals surface area contributed by atoms with Crippen LogP contribution in [-0.4, -0.2) is 102 Å². The van der Waals surface area contributed by atoms with Gasteiger partial charge in [0.25, 0.3) is 0 Å². The topological polar surface area (TPSA) is 188 Å². The zero-order valence-electron chi connectivity index (χ0n) is 27.5. The van der Waals surface area contributed by atoms with Gasteiger partial charge >= 0.3 is 5.97 Å². The highest BCUT2D eigenvalue weighted by atomic mass is 16.5. The first-order chi connectivity index (χ1) is 21.8. The molecule has 0 amide bonds. The van der Waals surface area contributed by atoms with E-state index in [1.807, 2.05) is 20.8 Å². The SMILES string of the molecule is CCC(C)C1OC(=O)/C=C/C=C\C=C\C=C/C=C/CC(O)CC(O)CC(O)CC(O)CC(O)CC(O)CC(O)CC(O)/C=C/C1C. The van der Waals surface area contributed by atoms with Gasteiger partial charge in [-0.15, -0.1) is 0 Å². The van der Waals surface area contributed by atoms with Crippen LogP contribution in [0.25, 0.3) is 0 Å². The highest BCUT2D eigenvalue weighted by molar-refractivity contribution is 5.82. The average Bonchev–Trinajstić information content (AvgIpc) is 2.95. The van der Waals surface area contributed by atoms with Crippen LogP contribution in [0.3, 0.4) is 0 Å². The minimum atomic E-state index is -1.10. The maximum atomic E-state index is 12.5. The molecule has 0 bridgehead atoms. The van der Waals surface area contributed by atoms with Gasteiger partial charge in [-0.1, -0.05) is 94.0 Å². The lowest BCUT2D eigenvalue weighted by atomic mass is 9.90. The Bertz CT molecular complexity index is 1000. The summed E-state index contributed by atoms with van der Waals surface area (Å²) in [4.78, 5) is 12.5. The van der Waals surface area contributed by atoms with Crippen LogP contribution in [0.5, 0.6) is 0 Å². The molecule has 10 nitrogen and oxygen atoms in total. The number of aliphatic hydroxyl groups is 8. The Morgan fingerprint density at radius 1 is 0.630 bits per heavy atom. The minimum absolute atomic E-state index is 0.0475. The Balaban J connectivity index is 2.97. The summed E-state index contributed by atoms with van der Waals surface area (Å²) in [5, 5.41) is 82.6. The highest BCUT2D eigenvalue weighted by Gasteiger charge is 2.26. The van der Waals surface area contributed by atoms with Gasteiger partial charge in [0.05, 0.1) is 48.8 Å². The number of cyclic esters (lactones) is 1. The van der Waals surface area contributed by atoms with E-state index in [1.54, 1.807) is 60.8 Å². The molecule has 1 aliphatic heterocycles.